The number of furan rings is 1. The molecule has 2 N–H and O–H groups in total. The molecule has 0 aliphatic carbocycles. The van der Waals surface area contributed by atoms with E-state index in [0.29, 0.717) is 5.11 Å². The van der Waals surface area contributed by atoms with E-state index in [1.54, 1.807) is 6.26 Å². The second-order valence-electron chi connectivity index (χ2n) is 4.53. The van der Waals surface area contributed by atoms with Crippen LogP contribution in [0.4, 0.5) is 5.69 Å². The van der Waals surface area contributed by atoms with Crippen LogP contribution in [-0.4, -0.2) is 11.7 Å². The van der Waals surface area contributed by atoms with Gasteiger partial charge in [-0.1, -0.05) is 15.9 Å². The summed E-state index contributed by atoms with van der Waals surface area (Å²) in [6, 6.07) is 9.96. The van der Waals surface area contributed by atoms with Gasteiger partial charge in [0.15, 0.2) is 5.11 Å². The van der Waals surface area contributed by atoms with Crippen molar-refractivity contribution < 1.29 is 4.42 Å². The molecule has 20 heavy (non-hydrogen) atoms. The van der Waals surface area contributed by atoms with Crippen molar-refractivity contribution in [1.29, 1.82) is 0 Å². The standard InChI is InChI=1S/C15H17BrN2OS/c1-11-10-12(6-7-14(11)16)18-15(20)17-8-2-4-13-5-3-9-19-13/h3,5-7,9-10H,2,4,8H2,1H3,(H2,17,18,20). The molecule has 3 nitrogen and oxygen atoms in total. The molecule has 2 rings (SSSR count). The Bertz CT molecular complexity index is 569. The number of thiocarbonyl (C=S) groups is 1. The van der Waals surface area contributed by atoms with Gasteiger partial charge in [-0.25, -0.2) is 0 Å². The molecule has 5 heteroatoms. The Morgan fingerprint density at radius 3 is 2.90 bits per heavy atom. The average molecular weight is 353 g/mol. The van der Waals surface area contributed by atoms with Crippen molar-refractivity contribution in [3.8, 4) is 0 Å². The van der Waals surface area contributed by atoms with E-state index in [0.717, 1.165) is 35.3 Å². The molecule has 0 bridgehead atoms. The molecule has 0 fully saturated rings. The molecule has 0 aliphatic heterocycles. The summed E-state index contributed by atoms with van der Waals surface area (Å²) in [6.07, 6.45) is 3.60. The SMILES string of the molecule is Cc1cc(NC(=S)NCCCc2ccco2)ccc1Br. The van der Waals surface area contributed by atoms with E-state index in [2.05, 4.69) is 39.6 Å². The minimum absolute atomic E-state index is 0.645. The van der Waals surface area contributed by atoms with E-state index >= 15 is 0 Å². The summed E-state index contributed by atoms with van der Waals surface area (Å²) in [5.74, 6) is 1.01. The molecule has 1 heterocycles. The van der Waals surface area contributed by atoms with Crippen LogP contribution < -0.4 is 10.6 Å². The first-order valence-corrected chi connectivity index (χ1v) is 7.68. The van der Waals surface area contributed by atoms with Gasteiger partial charge in [0.1, 0.15) is 5.76 Å². The summed E-state index contributed by atoms with van der Waals surface area (Å²) in [5.41, 5.74) is 2.17. The summed E-state index contributed by atoms with van der Waals surface area (Å²) in [5, 5.41) is 7.02. The first-order chi connectivity index (χ1) is 9.65. The third kappa shape index (κ3) is 4.65. The monoisotopic (exact) mass is 352 g/mol. The molecule has 0 aliphatic rings. The summed E-state index contributed by atoms with van der Waals surface area (Å²) in [7, 11) is 0. The van der Waals surface area contributed by atoms with Crippen LogP contribution in [0.25, 0.3) is 0 Å². The van der Waals surface area contributed by atoms with Gasteiger partial charge >= 0.3 is 0 Å². The van der Waals surface area contributed by atoms with Crippen LogP contribution >= 0.6 is 28.1 Å². The van der Waals surface area contributed by atoms with Gasteiger partial charge in [0, 0.05) is 23.1 Å². The molecule has 106 valence electrons. The molecular weight excluding hydrogens is 336 g/mol. The molecule has 0 radical (unpaired) electrons. The number of anilines is 1. The number of rotatable bonds is 5. The number of hydrogen-bond donors (Lipinski definition) is 2. The highest BCUT2D eigenvalue weighted by molar-refractivity contribution is 9.10. The first kappa shape index (κ1) is 15.1. The molecule has 0 amide bonds. The fourth-order valence-corrected chi connectivity index (χ4v) is 2.28. The first-order valence-electron chi connectivity index (χ1n) is 6.48. The quantitative estimate of drug-likeness (QED) is 0.622. The lowest BCUT2D eigenvalue weighted by atomic mass is 10.2. The van der Waals surface area contributed by atoms with E-state index in [9.17, 15) is 0 Å². The van der Waals surface area contributed by atoms with Crippen molar-refractivity contribution >= 4 is 38.9 Å². The summed E-state index contributed by atoms with van der Waals surface area (Å²) < 4.78 is 6.38. The van der Waals surface area contributed by atoms with E-state index in [1.807, 2.05) is 24.3 Å². The maximum absolute atomic E-state index is 5.28. The number of nitrogens with one attached hydrogen (secondary N) is 2. The van der Waals surface area contributed by atoms with Crippen LogP contribution in [0.15, 0.2) is 45.5 Å². The maximum Gasteiger partial charge on any atom is 0.170 e. The van der Waals surface area contributed by atoms with Gasteiger partial charge in [-0.15, -0.1) is 0 Å². The van der Waals surface area contributed by atoms with Crippen molar-refractivity contribution in [2.24, 2.45) is 0 Å². The predicted octanol–water partition coefficient (Wildman–Crippen LogP) is 4.27. The third-order valence-electron chi connectivity index (χ3n) is 2.88. The van der Waals surface area contributed by atoms with Gasteiger partial charge in [-0.3, -0.25) is 0 Å². The lowest BCUT2D eigenvalue weighted by molar-refractivity contribution is 0.501. The Balaban J connectivity index is 1.71. The molecule has 0 saturated heterocycles. The number of benzene rings is 1. The van der Waals surface area contributed by atoms with Crippen molar-refractivity contribution in [1.82, 2.24) is 5.32 Å². The van der Waals surface area contributed by atoms with Crippen LogP contribution in [0.3, 0.4) is 0 Å². The molecule has 1 aromatic heterocycles. The highest BCUT2D eigenvalue weighted by Crippen LogP contribution is 2.19. The zero-order valence-electron chi connectivity index (χ0n) is 11.3. The molecule has 2 aromatic rings. The van der Waals surface area contributed by atoms with Crippen LogP contribution in [-0.2, 0) is 6.42 Å². The van der Waals surface area contributed by atoms with Crippen molar-refractivity contribution in [2.45, 2.75) is 19.8 Å². The van der Waals surface area contributed by atoms with E-state index in [-0.39, 0.29) is 0 Å². The summed E-state index contributed by atoms with van der Waals surface area (Å²) in [4.78, 5) is 0. The normalized spacial score (nSPS) is 10.3. The predicted molar refractivity (Wildman–Crippen MR) is 90.1 cm³/mol. The molecule has 0 unspecified atom stereocenters. The minimum atomic E-state index is 0.645. The second kappa shape index (κ2) is 7.45. The van der Waals surface area contributed by atoms with Crippen LogP contribution in [0.5, 0.6) is 0 Å². The lowest BCUT2D eigenvalue weighted by Gasteiger charge is -2.11. The summed E-state index contributed by atoms with van der Waals surface area (Å²) >= 11 is 8.75. The van der Waals surface area contributed by atoms with Crippen molar-refractivity contribution in [3.63, 3.8) is 0 Å². The van der Waals surface area contributed by atoms with Gasteiger partial charge in [0.05, 0.1) is 6.26 Å². The third-order valence-corrected chi connectivity index (χ3v) is 4.02. The molecule has 0 saturated carbocycles. The Morgan fingerprint density at radius 1 is 1.35 bits per heavy atom. The van der Waals surface area contributed by atoms with Crippen LogP contribution in [0, 0.1) is 6.92 Å². The fraction of sp³-hybridized carbons (Fsp3) is 0.267. The Morgan fingerprint density at radius 2 is 2.20 bits per heavy atom. The van der Waals surface area contributed by atoms with Gasteiger partial charge in [0.2, 0.25) is 0 Å². The maximum atomic E-state index is 5.28. The summed E-state index contributed by atoms with van der Waals surface area (Å²) in [6.45, 7) is 2.87. The number of aryl methyl sites for hydroxylation is 2. The van der Waals surface area contributed by atoms with Crippen LogP contribution in [0.1, 0.15) is 17.7 Å². The Hall–Kier alpha value is -1.33. The van der Waals surface area contributed by atoms with E-state index < -0.39 is 0 Å². The fourth-order valence-electron chi connectivity index (χ4n) is 1.82. The zero-order chi connectivity index (χ0) is 14.4. The van der Waals surface area contributed by atoms with Gasteiger partial charge < -0.3 is 15.1 Å². The minimum Gasteiger partial charge on any atom is -0.469 e. The van der Waals surface area contributed by atoms with E-state index in [1.165, 1.54) is 5.56 Å². The Labute approximate surface area is 132 Å². The molecule has 0 spiro atoms. The van der Waals surface area contributed by atoms with Gasteiger partial charge in [0.25, 0.3) is 0 Å². The highest BCUT2D eigenvalue weighted by Gasteiger charge is 2.00. The largest absolute Gasteiger partial charge is 0.469 e. The second-order valence-corrected chi connectivity index (χ2v) is 5.79. The molecular formula is C15H17BrN2OS. The average Bonchev–Trinajstić information content (AvgIpc) is 2.92. The lowest BCUT2D eigenvalue weighted by Crippen LogP contribution is -2.29. The highest BCUT2D eigenvalue weighted by atomic mass is 79.9. The number of halogens is 1. The molecule has 1 aromatic carbocycles. The number of hydrogen-bond acceptors (Lipinski definition) is 2. The Kier molecular flexibility index (Phi) is 5.61. The van der Waals surface area contributed by atoms with Crippen LogP contribution in [0.2, 0.25) is 0 Å². The van der Waals surface area contributed by atoms with E-state index in [4.69, 9.17) is 16.6 Å². The van der Waals surface area contributed by atoms with Gasteiger partial charge in [-0.05, 0) is 61.5 Å². The zero-order valence-corrected chi connectivity index (χ0v) is 13.7. The van der Waals surface area contributed by atoms with Crippen molar-refractivity contribution in [3.05, 3.63) is 52.4 Å². The smallest absolute Gasteiger partial charge is 0.170 e. The topological polar surface area (TPSA) is 37.2 Å². The molecule has 0 atom stereocenters. The van der Waals surface area contributed by atoms with Gasteiger partial charge in [-0.2, -0.15) is 0 Å². The van der Waals surface area contributed by atoms with Crippen molar-refractivity contribution in [2.75, 3.05) is 11.9 Å².